The van der Waals surface area contributed by atoms with Crippen molar-refractivity contribution in [1.82, 2.24) is 14.7 Å². The van der Waals surface area contributed by atoms with Crippen LogP contribution in [0.2, 0.25) is 0 Å². The van der Waals surface area contributed by atoms with Gasteiger partial charge in [0.1, 0.15) is 0 Å². The fourth-order valence-corrected chi connectivity index (χ4v) is 3.03. The van der Waals surface area contributed by atoms with Gasteiger partial charge in [-0.1, -0.05) is 6.58 Å². The lowest BCUT2D eigenvalue weighted by molar-refractivity contribution is -0.139. The van der Waals surface area contributed by atoms with Crippen molar-refractivity contribution in [3.8, 4) is 0 Å². The molecule has 0 radical (unpaired) electrons. The third-order valence-corrected chi connectivity index (χ3v) is 4.42. The molecule has 122 valence electrons. The minimum Gasteiger partial charge on any atom is -0.338 e. The van der Waals surface area contributed by atoms with E-state index in [4.69, 9.17) is 0 Å². The summed E-state index contributed by atoms with van der Waals surface area (Å²) in [5.41, 5.74) is 0. The molecular formula is C16H25N3O3. The van der Waals surface area contributed by atoms with E-state index >= 15 is 0 Å². The van der Waals surface area contributed by atoms with Crippen molar-refractivity contribution in [3.05, 3.63) is 12.7 Å². The van der Waals surface area contributed by atoms with Crippen LogP contribution in [-0.4, -0.2) is 71.2 Å². The maximum Gasteiger partial charge on any atom is 0.246 e. The molecule has 3 amide bonds. The largest absolute Gasteiger partial charge is 0.338 e. The van der Waals surface area contributed by atoms with Crippen molar-refractivity contribution < 1.29 is 14.4 Å². The van der Waals surface area contributed by atoms with Crippen LogP contribution in [0.4, 0.5) is 0 Å². The molecule has 6 nitrogen and oxygen atoms in total. The van der Waals surface area contributed by atoms with E-state index in [0.717, 1.165) is 25.7 Å². The Balaban J connectivity index is 1.94. The molecule has 0 bridgehead atoms. The lowest BCUT2D eigenvalue weighted by Crippen LogP contribution is -2.48. The van der Waals surface area contributed by atoms with Gasteiger partial charge in [0.25, 0.3) is 0 Å². The van der Waals surface area contributed by atoms with Crippen molar-refractivity contribution in [1.29, 1.82) is 0 Å². The van der Waals surface area contributed by atoms with Gasteiger partial charge in [0.15, 0.2) is 0 Å². The Morgan fingerprint density at radius 1 is 1.27 bits per heavy atom. The highest BCUT2D eigenvalue weighted by molar-refractivity contribution is 5.90. The first-order valence-corrected chi connectivity index (χ1v) is 7.88. The van der Waals surface area contributed by atoms with Crippen LogP contribution < -0.4 is 0 Å². The molecule has 1 unspecified atom stereocenters. The molecule has 1 aliphatic carbocycles. The van der Waals surface area contributed by atoms with Gasteiger partial charge in [-0.15, -0.1) is 0 Å². The zero-order valence-electron chi connectivity index (χ0n) is 13.5. The summed E-state index contributed by atoms with van der Waals surface area (Å²) in [6, 6.07) is 0.435. The zero-order valence-corrected chi connectivity index (χ0v) is 13.5. The van der Waals surface area contributed by atoms with Gasteiger partial charge >= 0.3 is 0 Å². The molecule has 0 N–H and O–H groups in total. The lowest BCUT2D eigenvalue weighted by Gasteiger charge is -2.31. The summed E-state index contributed by atoms with van der Waals surface area (Å²) in [7, 11) is 1.60. The van der Waals surface area contributed by atoms with Gasteiger partial charge in [-0.25, -0.2) is 0 Å². The van der Waals surface area contributed by atoms with Gasteiger partial charge in [-0.05, 0) is 31.8 Å². The van der Waals surface area contributed by atoms with Gasteiger partial charge in [0.2, 0.25) is 17.7 Å². The third-order valence-electron chi connectivity index (χ3n) is 4.42. The molecule has 2 fully saturated rings. The van der Waals surface area contributed by atoms with E-state index in [1.165, 1.54) is 11.0 Å². The van der Waals surface area contributed by atoms with E-state index < -0.39 is 0 Å². The number of likely N-dealkylation sites (N-methyl/N-ethyl adjacent to an activating group) is 1. The highest BCUT2D eigenvalue weighted by Crippen LogP contribution is 2.29. The second kappa shape index (κ2) is 6.94. The normalized spacial score (nSPS) is 20.6. The van der Waals surface area contributed by atoms with Crippen LogP contribution >= 0.6 is 0 Å². The van der Waals surface area contributed by atoms with Gasteiger partial charge in [-0.3, -0.25) is 14.4 Å². The molecule has 6 heteroatoms. The number of likely N-dealkylation sites (tertiary alicyclic amines) is 1. The summed E-state index contributed by atoms with van der Waals surface area (Å²) in [6.07, 6.45) is 5.21. The molecule has 0 aromatic rings. The van der Waals surface area contributed by atoms with Crippen molar-refractivity contribution in [3.63, 3.8) is 0 Å². The number of hydrogen-bond acceptors (Lipinski definition) is 3. The number of carbonyl (C=O) groups is 3. The molecule has 1 atom stereocenters. The average molecular weight is 307 g/mol. The van der Waals surface area contributed by atoms with Crippen LogP contribution in [0.3, 0.4) is 0 Å². The zero-order chi connectivity index (χ0) is 16.3. The molecule has 2 rings (SSSR count). The van der Waals surface area contributed by atoms with E-state index in [1.807, 2.05) is 9.80 Å². The summed E-state index contributed by atoms with van der Waals surface area (Å²) in [5, 5.41) is 0. The first-order chi connectivity index (χ1) is 10.4. The molecule has 2 aliphatic rings. The van der Waals surface area contributed by atoms with E-state index in [2.05, 4.69) is 6.58 Å². The standard InChI is InChI=1S/C16H25N3O3/c1-4-15(21)17(3)11-16(22)18-9-5-6-14(18)10-19(12(2)20)13-7-8-13/h4,13-14H,1,5-11H2,2-3H3. The maximum absolute atomic E-state index is 12.4. The van der Waals surface area contributed by atoms with Gasteiger partial charge in [0.05, 0.1) is 6.54 Å². The smallest absolute Gasteiger partial charge is 0.246 e. The Morgan fingerprint density at radius 3 is 2.50 bits per heavy atom. The van der Waals surface area contributed by atoms with Gasteiger partial charge < -0.3 is 14.7 Å². The van der Waals surface area contributed by atoms with Crippen LogP contribution in [0.25, 0.3) is 0 Å². The Labute approximate surface area is 131 Å². The van der Waals surface area contributed by atoms with E-state index in [9.17, 15) is 14.4 Å². The van der Waals surface area contributed by atoms with Crippen LogP contribution in [-0.2, 0) is 14.4 Å². The lowest BCUT2D eigenvalue weighted by atomic mass is 10.2. The number of hydrogen-bond donors (Lipinski definition) is 0. The summed E-state index contributed by atoms with van der Waals surface area (Å²) < 4.78 is 0. The molecule has 1 aliphatic heterocycles. The van der Waals surface area contributed by atoms with Crippen molar-refractivity contribution in [2.75, 3.05) is 26.7 Å². The molecule has 0 spiro atoms. The van der Waals surface area contributed by atoms with E-state index in [0.29, 0.717) is 19.1 Å². The number of amides is 3. The van der Waals surface area contributed by atoms with Crippen molar-refractivity contribution in [2.45, 2.75) is 44.7 Å². The Kier molecular flexibility index (Phi) is 5.21. The number of nitrogens with zero attached hydrogens (tertiary/aromatic N) is 3. The summed E-state index contributed by atoms with van der Waals surface area (Å²) in [5.74, 6) is -0.229. The Hall–Kier alpha value is -1.85. The summed E-state index contributed by atoms with van der Waals surface area (Å²) in [6.45, 7) is 6.40. The molecule has 1 heterocycles. The average Bonchev–Trinajstić information content (AvgIpc) is 3.21. The van der Waals surface area contributed by atoms with Crippen LogP contribution in [0.5, 0.6) is 0 Å². The van der Waals surface area contributed by atoms with Gasteiger partial charge in [0, 0.05) is 39.1 Å². The van der Waals surface area contributed by atoms with Crippen molar-refractivity contribution >= 4 is 17.7 Å². The van der Waals surface area contributed by atoms with Crippen LogP contribution in [0.1, 0.15) is 32.6 Å². The Bertz CT molecular complexity index is 473. The highest BCUT2D eigenvalue weighted by Gasteiger charge is 2.36. The maximum atomic E-state index is 12.4. The molecule has 22 heavy (non-hydrogen) atoms. The van der Waals surface area contributed by atoms with E-state index in [1.54, 1.807) is 14.0 Å². The second-order valence-corrected chi connectivity index (χ2v) is 6.18. The molecule has 1 saturated heterocycles. The van der Waals surface area contributed by atoms with Crippen LogP contribution in [0.15, 0.2) is 12.7 Å². The van der Waals surface area contributed by atoms with Crippen LogP contribution in [0, 0.1) is 0 Å². The molecule has 0 aromatic carbocycles. The predicted octanol–water partition coefficient (Wildman–Crippen LogP) is 0.633. The molecule has 1 saturated carbocycles. The first kappa shape index (κ1) is 16.5. The van der Waals surface area contributed by atoms with E-state index in [-0.39, 0.29) is 30.3 Å². The molecular weight excluding hydrogens is 282 g/mol. The number of rotatable bonds is 6. The highest BCUT2D eigenvalue weighted by atomic mass is 16.2. The summed E-state index contributed by atoms with van der Waals surface area (Å²) in [4.78, 5) is 40.8. The number of carbonyl (C=O) groups excluding carboxylic acids is 3. The summed E-state index contributed by atoms with van der Waals surface area (Å²) >= 11 is 0. The Morgan fingerprint density at radius 2 is 1.95 bits per heavy atom. The SMILES string of the molecule is C=CC(=O)N(C)CC(=O)N1CCCC1CN(C(C)=O)C1CC1. The predicted molar refractivity (Wildman–Crippen MR) is 83.0 cm³/mol. The third kappa shape index (κ3) is 3.87. The fourth-order valence-electron chi connectivity index (χ4n) is 3.03. The topological polar surface area (TPSA) is 60.9 Å². The molecule has 0 aromatic heterocycles. The first-order valence-electron chi connectivity index (χ1n) is 7.88. The monoisotopic (exact) mass is 307 g/mol. The fraction of sp³-hybridized carbons (Fsp3) is 0.688. The minimum absolute atomic E-state index is 0.0560. The van der Waals surface area contributed by atoms with Gasteiger partial charge in [-0.2, -0.15) is 0 Å². The quantitative estimate of drug-likeness (QED) is 0.676. The minimum atomic E-state index is -0.257. The van der Waals surface area contributed by atoms with Crippen molar-refractivity contribution in [2.24, 2.45) is 0 Å². The second-order valence-electron chi connectivity index (χ2n) is 6.18.